The highest BCUT2D eigenvalue weighted by Gasteiger charge is 2.07. The Morgan fingerprint density at radius 1 is 1.26 bits per heavy atom. The van der Waals surface area contributed by atoms with Gasteiger partial charge in [-0.1, -0.05) is 19.1 Å². The molecule has 0 heterocycles. The normalized spacial score (nSPS) is 12.0. The Bertz CT molecular complexity index is 387. The van der Waals surface area contributed by atoms with Crippen LogP contribution in [0.4, 0.5) is 5.69 Å². The summed E-state index contributed by atoms with van der Waals surface area (Å²) >= 11 is 0. The van der Waals surface area contributed by atoms with Crippen LogP contribution < -0.4 is 15.5 Å². The summed E-state index contributed by atoms with van der Waals surface area (Å²) in [7, 11) is 4.05. The minimum absolute atomic E-state index is 0.0543. The summed E-state index contributed by atoms with van der Waals surface area (Å²) in [6.45, 7) is 5.21. The lowest BCUT2D eigenvalue weighted by Gasteiger charge is -2.17. The van der Waals surface area contributed by atoms with E-state index in [4.69, 9.17) is 0 Å². The van der Waals surface area contributed by atoms with Gasteiger partial charge in [-0.25, -0.2) is 0 Å². The van der Waals surface area contributed by atoms with Crippen LogP contribution in [0.15, 0.2) is 24.3 Å². The highest BCUT2D eigenvalue weighted by molar-refractivity contribution is 5.77. The van der Waals surface area contributed by atoms with Gasteiger partial charge < -0.3 is 15.5 Å². The lowest BCUT2D eigenvalue weighted by atomic mass is 10.1. The number of carbonyl (C=O) groups is 1. The van der Waals surface area contributed by atoms with Gasteiger partial charge in [-0.15, -0.1) is 0 Å². The van der Waals surface area contributed by atoms with Crippen LogP contribution in [0.2, 0.25) is 0 Å². The molecule has 1 atom stereocenters. The third kappa shape index (κ3) is 5.30. The van der Waals surface area contributed by atoms with E-state index in [2.05, 4.69) is 46.7 Å². The maximum Gasteiger partial charge on any atom is 0.233 e. The number of amides is 1. The molecule has 0 spiro atoms. The molecule has 0 aliphatic rings. The summed E-state index contributed by atoms with van der Waals surface area (Å²) < 4.78 is 0. The van der Waals surface area contributed by atoms with Crippen molar-refractivity contribution >= 4 is 11.6 Å². The Morgan fingerprint density at radius 2 is 1.89 bits per heavy atom. The molecular weight excluding hydrogens is 238 g/mol. The van der Waals surface area contributed by atoms with Gasteiger partial charge in [0.25, 0.3) is 0 Å². The largest absolute Gasteiger partial charge is 0.378 e. The Balaban J connectivity index is 2.44. The molecule has 0 aliphatic heterocycles. The topological polar surface area (TPSA) is 44.4 Å². The second-order valence-electron chi connectivity index (χ2n) is 4.94. The first-order valence-corrected chi connectivity index (χ1v) is 6.82. The minimum atomic E-state index is 0.0543. The van der Waals surface area contributed by atoms with Gasteiger partial charge in [0.2, 0.25) is 5.91 Å². The molecule has 19 heavy (non-hydrogen) atoms. The fraction of sp³-hybridized carbons (Fsp3) is 0.533. The van der Waals surface area contributed by atoms with Crippen molar-refractivity contribution in [2.45, 2.75) is 26.3 Å². The van der Waals surface area contributed by atoms with Crippen LogP contribution in [0, 0.1) is 0 Å². The van der Waals surface area contributed by atoms with E-state index in [1.54, 1.807) is 0 Å². The summed E-state index contributed by atoms with van der Waals surface area (Å²) in [6, 6.07) is 8.53. The van der Waals surface area contributed by atoms with E-state index in [0.717, 1.165) is 13.0 Å². The van der Waals surface area contributed by atoms with Gasteiger partial charge in [-0.2, -0.15) is 0 Å². The van der Waals surface area contributed by atoms with E-state index < -0.39 is 0 Å². The number of benzene rings is 1. The number of hydrogen-bond donors (Lipinski definition) is 2. The fourth-order valence-electron chi connectivity index (χ4n) is 1.75. The number of carbonyl (C=O) groups excluding carboxylic acids is 1. The van der Waals surface area contributed by atoms with Gasteiger partial charge in [0.15, 0.2) is 0 Å². The first-order valence-electron chi connectivity index (χ1n) is 6.82. The zero-order valence-electron chi connectivity index (χ0n) is 12.4. The van der Waals surface area contributed by atoms with E-state index >= 15 is 0 Å². The van der Waals surface area contributed by atoms with Crippen LogP contribution in [-0.2, 0) is 4.79 Å². The molecule has 106 valence electrons. The summed E-state index contributed by atoms with van der Waals surface area (Å²) in [5.41, 5.74) is 2.37. The van der Waals surface area contributed by atoms with E-state index in [9.17, 15) is 4.79 Å². The lowest BCUT2D eigenvalue weighted by Crippen LogP contribution is -2.35. The van der Waals surface area contributed by atoms with Gasteiger partial charge in [-0.05, 0) is 31.0 Å². The van der Waals surface area contributed by atoms with E-state index in [1.165, 1.54) is 11.3 Å². The molecule has 1 aromatic rings. The predicted molar refractivity (Wildman–Crippen MR) is 80.5 cm³/mol. The van der Waals surface area contributed by atoms with Crippen molar-refractivity contribution in [1.82, 2.24) is 10.6 Å². The van der Waals surface area contributed by atoms with Gasteiger partial charge in [0.05, 0.1) is 6.54 Å². The molecule has 2 N–H and O–H groups in total. The molecule has 0 saturated heterocycles. The molecule has 0 aliphatic carbocycles. The molecular formula is C15H25N3O. The molecule has 0 saturated carbocycles. The Hall–Kier alpha value is -1.55. The molecule has 0 radical (unpaired) electrons. The van der Waals surface area contributed by atoms with Crippen LogP contribution >= 0.6 is 0 Å². The molecule has 0 fully saturated rings. The quantitative estimate of drug-likeness (QED) is 0.790. The fourth-order valence-corrected chi connectivity index (χ4v) is 1.75. The minimum Gasteiger partial charge on any atom is -0.378 e. The zero-order valence-corrected chi connectivity index (χ0v) is 12.4. The van der Waals surface area contributed by atoms with Crippen molar-refractivity contribution in [3.05, 3.63) is 29.8 Å². The van der Waals surface area contributed by atoms with Gasteiger partial charge >= 0.3 is 0 Å². The third-order valence-corrected chi connectivity index (χ3v) is 3.05. The van der Waals surface area contributed by atoms with Crippen LogP contribution in [0.5, 0.6) is 0 Å². The molecule has 1 unspecified atom stereocenters. The van der Waals surface area contributed by atoms with Crippen LogP contribution in [-0.4, -0.2) is 33.1 Å². The molecule has 1 aromatic carbocycles. The van der Waals surface area contributed by atoms with E-state index in [0.29, 0.717) is 6.54 Å². The van der Waals surface area contributed by atoms with Crippen LogP contribution in [0.25, 0.3) is 0 Å². The molecule has 0 aromatic heterocycles. The Morgan fingerprint density at radius 3 is 2.42 bits per heavy atom. The number of rotatable bonds is 7. The Labute approximate surface area is 116 Å². The predicted octanol–water partition coefficient (Wildman–Crippen LogP) is 1.93. The SMILES string of the molecule is CCCNC(=O)CNC(C)c1ccc(N(C)C)cc1. The second-order valence-corrected chi connectivity index (χ2v) is 4.94. The molecule has 4 heteroatoms. The zero-order chi connectivity index (χ0) is 14.3. The number of nitrogens with one attached hydrogen (secondary N) is 2. The van der Waals surface area contributed by atoms with Crippen LogP contribution in [0.1, 0.15) is 31.9 Å². The van der Waals surface area contributed by atoms with Crippen molar-refractivity contribution in [2.75, 3.05) is 32.1 Å². The summed E-state index contributed by atoms with van der Waals surface area (Å²) in [4.78, 5) is 13.6. The van der Waals surface area contributed by atoms with Crippen LogP contribution in [0.3, 0.4) is 0 Å². The van der Waals surface area contributed by atoms with Crippen molar-refractivity contribution in [3.63, 3.8) is 0 Å². The monoisotopic (exact) mass is 263 g/mol. The van der Waals surface area contributed by atoms with Crippen molar-refractivity contribution in [2.24, 2.45) is 0 Å². The number of hydrogen-bond acceptors (Lipinski definition) is 3. The number of nitrogens with zero attached hydrogens (tertiary/aromatic N) is 1. The van der Waals surface area contributed by atoms with Crippen molar-refractivity contribution in [3.8, 4) is 0 Å². The maximum absolute atomic E-state index is 11.5. The summed E-state index contributed by atoms with van der Waals surface area (Å²) in [6.07, 6.45) is 0.966. The van der Waals surface area contributed by atoms with Crippen molar-refractivity contribution < 1.29 is 4.79 Å². The lowest BCUT2D eigenvalue weighted by molar-refractivity contribution is -0.120. The van der Waals surface area contributed by atoms with E-state index in [-0.39, 0.29) is 11.9 Å². The standard InChI is InChI=1S/C15H25N3O/c1-5-10-16-15(19)11-17-12(2)13-6-8-14(9-7-13)18(3)4/h6-9,12,17H,5,10-11H2,1-4H3,(H,16,19). The molecule has 4 nitrogen and oxygen atoms in total. The van der Waals surface area contributed by atoms with Gasteiger partial charge in [0, 0.05) is 32.4 Å². The molecule has 0 bridgehead atoms. The highest BCUT2D eigenvalue weighted by Crippen LogP contribution is 2.17. The average molecular weight is 263 g/mol. The molecule has 1 amide bonds. The van der Waals surface area contributed by atoms with Gasteiger partial charge in [0.1, 0.15) is 0 Å². The first kappa shape index (κ1) is 15.5. The smallest absolute Gasteiger partial charge is 0.233 e. The third-order valence-electron chi connectivity index (χ3n) is 3.05. The maximum atomic E-state index is 11.5. The van der Waals surface area contributed by atoms with Gasteiger partial charge in [-0.3, -0.25) is 4.79 Å². The first-order chi connectivity index (χ1) is 9.04. The number of anilines is 1. The summed E-state index contributed by atoms with van der Waals surface area (Å²) in [5, 5.41) is 6.09. The average Bonchev–Trinajstić information content (AvgIpc) is 2.42. The summed E-state index contributed by atoms with van der Waals surface area (Å²) in [5.74, 6) is 0.0543. The Kier molecular flexibility index (Phi) is 6.36. The van der Waals surface area contributed by atoms with Crippen molar-refractivity contribution in [1.29, 1.82) is 0 Å². The van der Waals surface area contributed by atoms with E-state index in [1.807, 2.05) is 21.0 Å². The molecule has 1 rings (SSSR count). The second kappa shape index (κ2) is 7.79. The highest BCUT2D eigenvalue weighted by atomic mass is 16.1.